The van der Waals surface area contributed by atoms with Gasteiger partial charge in [0.2, 0.25) is 5.91 Å². The third-order valence-corrected chi connectivity index (χ3v) is 3.83. The molecule has 1 aliphatic heterocycles. The Morgan fingerprint density at radius 2 is 2.33 bits per heavy atom. The second-order valence-corrected chi connectivity index (χ2v) is 6.11. The molecular formula is C14H19ClFN3O2. The summed E-state index contributed by atoms with van der Waals surface area (Å²) in [5.74, 6) is -0.510. The molecule has 21 heavy (non-hydrogen) atoms. The molecule has 1 fully saturated rings. The number of β-amino-alcohol motifs (C(OH)–C–C–N with tert-alkyl or cyclic N) is 1. The van der Waals surface area contributed by atoms with E-state index in [2.05, 4.69) is 4.98 Å². The van der Waals surface area contributed by atoms with Gasteiger partial charge in [0.25, 0.3) is 0 Å². The first-order valence-corrected chi connectivity index (χ1v) is 7.17. The molecule has 1 aromatic heterocycles. The van der Waals surface area contributed by atoms with Gasteiger partial charge in [-0.2, -0.15) is 0 Å². The fourth-order valence-corrected chi connectivity index (χ4v) is 2.66. The maximum absolute atomic E-state index is 13.9. The number of nitrogens with zero attached hydrogens (tertiary/aromatic N) is 3. The number of piperidine rings is 1. The summed E-state index contributed by atoms with van der Waals surface area (Å²) in [4.78, 5) is 18.9. The van der Waals surface area contributed by atoms with Crippen LogP contribution in [0.25, 0.3) is 0 Å². The third-order valence-electron chi connectivity index (χ3n) is 3.62. The smallest absolute Gasteiger partial charge is 0.225 e. The fourth-order valence-electron chi connectivity index (χ4n) is 2.52. The number of hydrogen-bond donors (Lipinski definition) is 1. The summed E-state index contributed by atoms with van der Waals surface area (Å²) in [6, 6.07) is 1.20. The van der Waals surface area contributed by atoms with E-state index >= 15 is 0 Å². The van der Waals surface area contributed by atoms with E-state index < -0.39 is 11.4 Å². The Balaban J connectivity index is 2.14. The SMILES string of the molecule is CN(C)C(=O)CC1(O)CCCN(c2ncc(Cl)cc2F)C1. The normalized spacial score (nSPS) is 22.2. The van der Waals surface area contributed by atoms with Crippen LogP contribution in [0.5, 0.6) is 0 Å². The van der Waals surface area contributed by atoms with Crippen LogP contribution in [0.15, 0.2) is 12.3 Å². The molecule has 7 heteroatoms. The van der Waals surface area contributed by atoms with Gasteiger partial charge in [0.1, 0.15) is 0 Å². The Labute approximate surface area is 128 Å². The highest BCUT2D eigenvalue weighted by atomic mass is 35.5. The van der Waals surface area contributed by atoms with Crippen LogP contribution in [0.4, 0.5) is 10.2 Å². The van der Waals surface area contributed by atoms with E-state index in [0.29, 0.717) is 19.4 Å². The second kappa shape index (κ2) is 6.15. The molecule has 1 saturated heterocycles. The Morgan fingerprint density at radius 3 is 2.95 bits per heavy atom. The number of rotatable bonds is 3. The topological polar surface area (TPSA) is 56.7 Å². The van der Waals surface area contributed by atoms with Crippen LogP contribution in [0.1, 0.15) is 19.3 Å². The number of carbonyl (C=O) groups is 1. The number of aliphatic hydroxyl groups is 1. The Kier molecular flexibility index (Phi) is 4.68. The van der Waals surface area contributed by atoms with Gasteiger partial charge >= 0.3 is 0 Å². The molecule has 116 valence electrons. The summed E-state index contributed by atoms with van der Waals surface area (Å²) in [5, 5.41) is 10.8. The van der Waals surface area contributed by atoms with Crippen LogP contribution in [-0.4, -0.2) is 53.7 Å². The third kappa shape index (κ3) is 3.83. The lowest BCUT2D eigenvalue weighted by molar-refractivity contribution is -0.134. The van der Waals surface area contributed by atoms with Crippen molar-refractivity contribution in [2.45, 2.75) is 24.9 Å². The highest BCUT2D eigenvalue weighted by molar-refractivity contribution is 6.30. The van der Waals surface area contributed by atoms with E-state index in [4.69, 9.17) is 11.6 Å². The van der Waals surface area contributed by atoms with E-state index in [-0.39, 0.29) is 29.7 Å². The first-order valence-electron chi connectivity index (χ1n) is 6.79. The molecule has 1 atom stereocenters. The molecule has 0 aromatic carbocycles. The summed E-state index contributed by atoms with van der Waals surface area (Å²) >= 11 is 5.70. The quantitative estimate of drug-likeness (QED) is 0.922. The number of aromatic nitrogens is 1. The molecule has 0 saturated carbocycles. The van der Waals surface area contributed by atoms with Gasteiger partial charge in [-0.3, -0.25) is 4.79 Å². The number of anilines is 1. The average Bonchev–Trinajstić information content (AvgIpc) is 2.37. The average molecular weight is 316 g/mol. The van der Waals surface area contributed by atoms with Crippen molar-refractivity contribution in [2.24, 2.45) is 0 Å². The molecule has 0 spiro atoms. The second-order valence-electron chi connectivity index (χ2n) is 5.67. The molecule has 2 rings (SSSR count). The van der Waals surface area contributed by atoms with Crippen molar-refractivity contribution in [1.82, 2.24) is 9.88 Å². The molecule has 1 unspecified atom stereocenters. The minimum atomic E-state index is -1.16. The lowest BCUT2D eigenvalue weighted by atomic mass is 9.89. The number of amides is 1. The van der Waals surface area contributed by atoms with Gasteiger partial charge in [-0.25, -0.2) is 9.37 Å². The molecule has 1 amide bonds. The van der Waals surface area contributed by atoms with Crippen LogP contribution >= 0.6 is 11.6 Å². The zero-order chi connectivity index (χ0) is 15.6. The van der Waals surface area contributed by atoms with Gasteiger partial charge in [0.05, 0.1) is 17.0 Å². The van der Waals surface area contributed by atoms with Crippen LogP contribution in [0.3, 0.4) is 0 Å². The first-order chi connectivity index (χ1) is 9.81. The van der Waals surface area contributed by atoms with Crippen molar-refractivity contribution in [3.8, 4) is 0 Å². The number of carbonyl (C=O) groups excluding carboxylic acids is 1. The molecule has 1 aromatic rings. The minimum absolute atomic E-state index is 0.0196. The molecule has 2 heterocycles. The number of halogens is 2. The predicted octanol–water partition coefficient (Wildman–Crippen LogP) is 1.68. The molecular weight excluding hydrogens is 297 g/mol. The highest BCUT2D eigenvalue weighted by Crippen LogP contribution is 2.29. The highest BCUT2D eigenvalue weighted by Gasteiger charge is 2.37. The summed E-state index contributed by atoms with van der Waals surface area (Å²) in [7, 11) is 3.29. The van der Waals surface area contributed by atoms with Crippen LogP contribution in [0.2, 0.25) is 5.02 Å². The maximum atomic E-state index is 13.9. The van der Waals surface area contributed by atoms with Gasteiger partial charge in [-0.05, 0) is 18.9 Å². The first kappa shape index (κ1) is 16.0. The van der Waals surface area contributed by atoms with E-state index in [1.807, 2.05) is 0 Å². The summed E-state index contributed by atoms with van der Waals surface area (Å²) in [6.07, 6.45) is 2.57. The van der Waals surface area contributed by atoms with Gasteiger partial charge < -0.3 is 14.9 Å². The van der Waals surface area contributed by atoms with E-state index in [1.165, 1.54) is 17.2 Å². The van der Waals surface area contributed by atoms with Crippen LogP contribution in [-0.2, 0) is 4.79 Å². The lowest BCUT2D eigenvalue weighted by Crippen LogP contribution is -2.51. The van der Waals surface area contributed by atoms with E-state index in [1.54, 1.807) is 19.0 Å². The van der Waals surface area contributed by atoms with Crippen molar-refractivity contribution in [3.63, 3.8) is 0 Å². The van der Waals surface area contributed by atoms with Crippen LogP contribution in [0, 0.1) is 5.82 Å². The largest absolute Gasteiger partial charge is 0.388 e. The molecule has 5 nitrogen and oxygen atoms in total. The molecule has 0 aliphatic carbocycles. The van der Waals surface area contributed by atoms with Crippen molar-refractivity contribution < 1.29 is 14.3 Å². The molecule has 0 radical (unpaired) electrons. The fraction of sp³-hybridized carbons (Fsp3) is 0.571. The van der Waals surface area contributed by atoms with E-state index in [9.17, 15) is 14.3 Å². The Bertz CT molecular complexity index is 541. The van der Waals surface area contributed by atoms with Gasteiger partial charge in [0.15, 0.2) is 11.6 Å². The number of hydrogen-bond acceptors (Lipinski definition) is 4. The lowest BCUT2D eigenvalue weighted by Gasteiger charge is -2.39. The zero-order valence-corrected chi connectivity index (χ0v) is 12.9. The van der Waals surface area contributed by atoms with Gasteiger partial charge in [0, 0.05) is 33.4 Å². The van der Waals surface area contributed by atoms with E-state index in [0.717, 1.165) is 0 Å². The van der Waals surface area contributed by atoms with Crippen molar-refractivity contribution in [1.29, 1.82) is 0 Å². The summed E-state index contributed by atoms with van der Waals surface area (Å²) < 4.78 is 13.9. The monoisotopic (exact) mass is 315 g/mol. The molecule has 1 aliphatic rings. The van der Waals surface area contributed by atoms with Crippen molar-refractivity contribution in [3.05, 3.63) is 23.1 Å². The van der Waals surface area contributed by atoms with Crippen LogP contribution < -0.4 is 4.90 Å². The standard InChI is InChI=1S/C14H19ClFN3O2/c1-18(2)12(20)7-14(21)4-3-5-19(9-14)13-11(16)6-10(15)8-17-13/h6,8,21H,3-5,7,9H2,1-2H3. The summed E-state index contributed by atoms with van der Waals surface area (Å²) in [5.41, 5.74) is -1.16. The Hall–Kier alpha value is -1.40. The minimum Gasteiger partial charge on any atom is -0.388 e. The summed E-state index contributed by atoms with van der Waals surface area (Å²) in [6.45, 7) is 0.766. The number of pyridine rings is 1. The maximum Gasteiger partial charge on any atom is 0.225 e. The van der Waals surface area contributed by atoms with Gasteiger partial charge in [-0.1, -0.05) is 11.6 Å². The Morgan fingerprint density at radius 1 is 1.62 bits per heavy atom. The van der Waals surface area contributed by atoms with Crippen molar-refractivity contribution >= 4 is 23.3 Å². The predicted molar refractivity (Wildman–Crippen MR) is 78.9 cm³/mol. The molecule has 0 bridgehead atoms. The van der Waals surface area contributed by atoms with Crippen molar-refractivity contribution in [2.75, 3.05) is 32.1 Å². The van der Waals surface area contributed by atoms with Gasteiger partial charge in [-0.15, -0.1) is 0 Å². The zero-order valence-electron chi connectivity index (χ0n) is 12.1. The molecule has 1 N–H and O–H groups in total.